The molecule has 168 valence electrons. The van der Waals surface area contributed by atoms with Gasteiger partial charge >= 0.3 is 0 Å². The highest BCUT2D eigenvalue weighted by atomic mass is 16.7. The van der Waals surface area contributed by atoms with Crippen molar-refractivity contribution in [2.75, 3.05) is 26.6 Å². The molecule has 0 aliphatic carbocycles. The lowest BCUT2D eigenvalue weighted by Crippen LogP contribution is -2.17. The minimum absolute atomic E-state index is 0.000186. The van der Waals surface area contributed by atoms with Crippen molar-refractivity contribution in [3.05, 3.63) is 12.3 Å². The molecule has 4 heteroatoms. The van der Waals surface area contributed by atoms with Crippen molar-refractivity contribution in [3.8, 4) is 0 Å². The summed E-state index contributed by atoms with van der Waals surface area (Å²) in [6.45, 7) is 8.96. The van der Waals surface area contributed by atoms with E-state index in [4.69, 9.17) is 18.9 Å². The second-order valence-corrected chi connectivity index (χ2v) is 7.37. The van der Waals surface area contributed by atoms with Crippen LogP contribution in [0.2, 0.25) is 0 Å². The molecule has 0 fully saturated rings. The van der Waals surface area contributed by atoms with Crippen molar-refractivity contribution in [1.82, 2.24) is 0 Å². The maximum Gasteiger partial charge on any atom is 0.188 e. The van der Waals surface area contributed by atoms with E-state index in [-0.39, 0.29) is 6.29 Å². The number of allylic oxidation sites excluding steroid dienone is 1. The summed E-state index contributed by atoms with van der Waals surface area (Å²) in [5.74, 6) is 0. The molecule has 0 amide bonds. The predicted molar refractivity (Wildman–Crippen MR) is 118 cm³/mol. The molecule has 0 aliphatic rings. The Balaban J connectivity index is 3.21. The molecular weight excluding hydrogens is 352 g/mol. The van der Waals surface area contributed by atoms with E-state index in [0.29, 0.717) is 6.79 Å². The number of hydrogen-bond acceptors (Lipinski definition) is 4. The van der Waals surface area contributed by atoms with Gasteiger partial charge in [0.25, 0.3) is 0 Å². The van der Waals surface area contributed by atoms with Crippen molar-refractivity contribution in [2.24, 2.45) is 0 Å². The number of rotatable bonds is 23. The van der Waals surface area contributed by atoms with Crippen molar-refractivity contribution in [2.45, 2.75) is 117 Å². The van der Waals surface area contributed by atoms with Crippen LogP contribution in [0.15, 0.2) is 12.3 Å². The van der Waals surface area contributed by atoms with Crippen LogP contribution in [-0.2, 0) is 18.9 Å². The summed E-state index contributed by atoms with van der Waals surface area (Å²) in [5, 5.41) is 0. The van der Waals surface area contributed by atoms with E-state index in [9.17, 15) is 0 Å². The highest BCUT2D eigenvalue weighted by Gasteiger charge is 2.06. The molecule has 0 unspecified atom stereocenters. The van der Waals surface area contributed by atoms with Crippen LogP contribution in [0.5, 0.6) is 0 Å². The van der Waals surface area contributed by atoms with E-state index >= 15 is 0 Å². The Hall–Kier alpha value is -0.580. The van der Waals surface area contributed by atoms with Crippen LogP contribution in [-0.4, -0.2) is 32.9 Å². The van der Waals surface area contributed by atoms with E-state index in [1.165, 1.54) is 70.6 Å². The number of ether oxygens (including phenoxy) is 4. The summed E-state index contributed by atoms with van der Waals surface area (Å²) in [6, 6.07) is 0. The molecule has 0 bridgehead atoms. The van der Waals surface area contributed by atoms with Gasteiger partial charge in [-0.2, -0.15) is 0 Å². The average molecular weight is 401 g/mol. The maximum absolute atomic E-state index is 5.57. The molecule has 4 nitrogen and oxygen atoms in total. The molecule has 0 aromatic heterocycles. The summed E-state index contributed by atoms with van der Waals surface area (Å²) in [5.41, 5.74) is 0. The van der Waals surface area contributed by atoms with E-state index in [2.05, 4.69) is 13.0 Å². The summed E-state index contributed by atoms with van der Waals surface area (Å²) >= 11 is 0. The minimum atomic E-state index is 0.000186. The fourth-order valence-electron chi connectivity index (χ4n) is 3.13. The van der Waals surface area contributed by atoms with Crippen molar-refractivity contribution in [3.63, 3.8) is 0 Å². The van der Waals surface area contributed by atoms with E-state index < -0.39 is 0 Å². The molecule has 0 radical (unpaired) electrons. The predicted octanol–water partition coefficient (Wildman–Crippen LogP) is 7.37. The quantitative estimate of drug-likeness (QED) is 0.102. The second kappa shape index (κ2) is 24.5. The molecule has 0 N–H and O–H groups in total. The molecular formula is C24H48O4. The highest BCUT2D eigenvalue weighted by molar-refractivity contribution is 4.72. The molecule has 0 aromatic rings. The topological polar surface area (TPSA) is 36.9 Å². The monoisotopic (exact) mass is 400 g/mol. The van der Waals surface area contributed by atoms with Gasteiger partial charge in [-0.15, -0.1) is 0 Å². The van der Waals surface area contributed by atoms with Crippen LogP contribution in [0, 0.1) is 0 Å². The molecule has 0 saturated heterocycles. The molecule has 0 heterocycles. The van der Waals surface area contributed by atoms with Crippen molar-refractivity contribution >= 4 is 0 Å². The molecule has 0 aliphatic heterocycles. The van der Waals surface area contributed by atoms with Gasteiger partial charge in [-0.1, -0.05) is 64.7 Å². The SMILES string of the molecule is CCCCCCCOCOC=CCCCCCCCCCC(OCC)OCC. The zero-order valence-corrected chi connectivity index (χ0v) is 19.1. The van der Waals surface area contributed by atoms with Gasteiger partial charge in [-0.3, -0.25) is 0 Å². The third-order valence-corrected chi connectivity index (χ3v) is 4.75. The molecule has 0 saturated carbocycles. The Morgan fingerprint density at radius 2 is 1.29 bits per heavy atom. The van der Waals surface area contributed by atoms with Gasteiger partial charge in [-0.25, -0.2) is 0 Å². The Kier molecular flexibility index (Phi) is 24.0. The third kappa shape index (κ3) is 21.7. The summed E-state index contributed by atoms with van der Waals surface area (Å²) in [7, 11) is 0. The Bertz CT molecular complexity index is 301. The summed E-state index contributed by atoms with van der Waals surface area (Å²) in [6.07, 6.45) is 21.4. The minimum Gasteiger partial charge on any atom is -0.475 e. The van der Waals surface area contributed by atoms with Gasteiger partial charge in [0.15, 0.2) is 13.1 Å². The van der Waals surface area contributed by atoms with Crippen LogP contribution in [0.4, 0.5) is 0 Å². The van der Waals surface area contributed by atoms with E-state index in [0.717, 1.165) is 39.1 Å². The first-order chi connectivity index (χ1) is 13.8. The van der Waals surface area contributed by atoms with Gasteiger partial charge in [0, 0.05) is 13.2 Å². The zero-order valence-electron chi connectivity index (χ0n) is 19.1. The molecule has 0 aromatic carbocycles. The smallest absolute Gasteiger partial charge is 0.188 e. The lowest BCUT2D eigenvalue weighted by atomic mass is 10.1. The number of unbranched alkanes of at least 4 members (excludes halogenated alkanes) is 11. The fourth-order valence-corrected chi connectivity index (χ4v) is 3.13. The summed E-state index contributed by atoms with van der Waals surface area (Å²) < 4.78 is 22.0. The summed E-state index contributed by atoms with van der Waals surface area (Å²) in [4.78, 5) is 0. The first-order valence-corrected chi connectivity index (χ1v) is 11.9. The van der Waals surface area contributed by atoms with Crippen LogP contribution >= 0.6 is 0 Å². The molecule has 0 atom stereocenters. The molecule has 28 heavy (non-hydrogen) atoms. The Labute approximate surface area is 175 Å². The van der Waals surface area contributed by atoms with Gasteiger partial charge in [0.05, 0.1) is 12.9 Å². The first kappa shape index (κ1) is 27.4. The highest BCUT2D eigenvalue weighted by Crippen LogP contribution is 2.13. The van der Waals surface area contributed by atoms with Crippen molar-refractivity contribution in [1.29, 1.82) is 0 Å². The third-order valence-electron chi connectivity index (χ3n) is 4.75. The maximum atomic E-state index is 5.57. The second-order valence-electron chi connectivity index (χ2n) is 7.37. The fraction of sp³-hybridized carbons (Fsp3) is 0.917. The Morgan fingerprint density at radius 3 is 1.96 bits per heavy atom. The lowest BCUT2D eigenvalue weighted by Gasteiger charge is -2.16. The van der Waals surface area contributed by atoms with E-state index in [1.54, 1.807) is 6.26 Å². The van der Waals surface area contributed by atoms with Gasteiger partial charge in [0.2, 0.25) is 0 Å². The average Bonchev–Trinajstić information content (AvgIpc) is 2.70. The van der Waals surface area contributed by atoms with Gasteiger partial charge < -0.3 is 18.9 Å². The Morgan fingerprint density at radius 1 is 0.679 bits per heavy atom. The van der Waals surface area contributed by atoms with Crippen LogP contribution in [0.3, 0.4) is 0 Å². The van der Waals surface area contributed by atoms with Crippen molar-refractivity contribution < 1.29 is 18.9 Å². The zero-order chi connectivity index (χ0) is 20.5. The van der Waals surface area contributed by atoms with Crippen LogP contribution in [0.1, 0.15) is 111 Å². The van der Waals surface area contributed by atoms with Gasteiger partial charge in [0.1, 0.15) is 0 Å². The lowest BCUT2D eigenvalue weighted by molar-refractivity contribution is -0.140. The van der Waals surface area contributed by atoms with Crippen LogP contribution in [0.25, 0.3) is 0 Å². The molecule has 0 spiro atoms. The van der Waals surface area contributed by atoms with Gasteiger partial charge in [-0.05, 0) is 52.0 Å². The van der Waals surface area contributed by atoms with Crippen LogP contribution < -0.4 is 0 Å². The normalized spacial score (nSPS) is 11.7. The molecule has 0 rings (SSSR count). The van der Waals surface area contributed by atoms with E-state index in [1.807, 2.05) is 13.8 Å². The first-order valence-electron chi connectivity index (χ1n) is 11.9. The standard InChI is InChI=1S/C24H48O4/c1-4-7-8-15-18-21-25-23-26-22-19-16-13-11-9-10-12-14-17-20-24(27-5-2)28-6-3/h19,22,24H,4-18,20-21,23H2,1-3H3. The number of hydrogen-bond donors (Lipinski definition) is 0. The largest absolute Gasteiger partial charge is 0.475 e.